The molecule has 2 N–H and O–H groups in total. The maximum Gasteiger partial charge on any atom is 0.573 e. The molecule has 25 heavy (non-hydrogen) atoms. The fraction of sp³-hybridized carbons (Fsp3) is 0.267. The minimum Gasteiger partial charge on any atom is -0.406 e. The van der Waals surface area contributed by atoms with Crippen molar-refractivity contribution in [3.05, 3.63) is 41.9 Å². The Labute approximate surface area is 150 Å². The summed E-state index contributed by atoms with van der Waals surface area (Å²) < 4.78 is 46.2. The van der Waals surface area contributed by atoms with E-state index in [1.807, 2.05) is 0 Å². The van der Waals surface area contributed by atoms with Crippen LogP contribution in [0.4, 0.5) is 13.2 Å². The molecule has 1 aromatic carbocycles. The van der Waals surface area contributed by atoms with Gasteiger partial charge in [-0.3, -0.25) is 9.97 Å². The molecule has 0 fully saturated rings. The lowest BCUT2D eigenvalue weighted by molar-refractivity contribution is -0.274. The van der Waals surface area contributed by atoms with Crippen molar-refractivity contribution in [1.82, 2.24) is 9.97 Å². The van der Waals surface area contributed by atoms with Gasteiger partial charge in [0.2, 0.25) is 0 Å². The molecule has 1 aromatic heterocycles. The summed E-state index contributed by atoms with van der Waals surface area (Å²) in [5.74, 6) is 4.86. The summed E-state index contributed by atoms with van der Waals surface area (Å²) in [6.45, 7) is 0.189. The second-order valence-corrected chi connectivity index (χ2v) is 5.76. The van der Waals surface area contributed by atoms with Crippen LogP contribution in [-0.4, -0.2) is 28.1 Å². The first-order chi connectivity index (χ1) is 11.8. The van der Waals surface area contributed by atoms with Gasteiger partial charge < -0.3 is 15.3 Å². The summed E-state index contributed by atoms with van der Waals surface area (Å²) in [5, 5.41) is 3.51. The predicted molar refractivity (Wildman–Crippen MR) is 89.1 cm³/mol. The molecular formula is C15H14BrF3N4O2. The third kappa shape index (κ3) is 5.68. The van der Waals surface area contributed by atoms with Gasteiger partial charge in [0, 0.05) is 25.3 Å². The van der Waals surface area contributed by atoms with Gasteiger partial charge in [-0.1, -0.05) is 0 Å². The number of hydrazone groups is 1. The number of nitrogens with zero attached hydrogens (tertiary/aromatic N) is 3. The molecule has 0 saturated heterocycles. The zero-order chi connectivity index (χ0) is 18.4. The molecule has 10 heteroatoms. The lowest BCUT2D eigenvalue weighted by Gasteiger charge is -2.11. The third-order valence-corrected chi connectivity index (χ3v) is 3.49. The van der Waals surface area contributed by atoms with Gasteiger partial charge in [0.1, 0.15) is 10.4 Å². The fourth-order valence-corrected chi connectivity index (χ4v) is 2.33. The molecule has 0 aliphatic carbocycles. The van der Waals surface area contributed by atoms with E-state index in [1.54, 1.807) is 6.20 Å². The Morgan fingerprint density at radius 2 is 1.96 bits per heavy atom. The van der Waals surface area contributed by atoms with Crippen LogP contribution in [0.15, 0.2) is 35.6 Å². The van der Waals surface area contributed by atoms with Crippen molar-refractivity contribution >= 4 is 20.6 Å². The number of halogens is 4. The van der Waals surface area contributed by atoms with E-state index in [-0.39, 0.29) is 12.4 Å². The highest BCUT2D eigenvalue weighted by molar-refractivity contribution is 9.18. The van der Waals surface area contributed by atoms with Crippen molar-refractivity contribution in [2.24, 2.45) is 10.9 Å². The molecule has 1 heterocycles. The predicted octanol–water partition coefficient (Wildman–Crippen LogP) is 3.40. The molecule has 0 spiro atoms. The molecule has 2 rings (SSSR count). The van der Waals surface area contributed by atoms with Gasteiger partial charge in [-0.15, -0.1) is 13.2 Å². The first kappa shape index (κ1) is 19.1. The Morgan fingerprint density at radius 1 is 1.28 bits per heavy atom. The van der Waals surface area contributed by atoms with Crippen molar-refractivity contribution < 1.29 is 22.6 Å². The van der Waals surface area contributed by atoms with Crippen LogP contribution < -0.4 is 10.6 Å². The van der Waals surface area contributed by atoms with E-state index >= 15 is 0 Å². The van der Waals surface area contributed by atoms with Crippen molar-refractivity contribution in [3.8, 4) is 17.0 Å². The highest BCUT2D eigenvalue weighted by Crippen LogP contribution is 2.27. The highest BCUT2D eigenvalue weighted by atomic mass is 79.9. The molecular weight excluding hydrogens is 405 g/mol. The first-order valence-electron chi connectivity index (χ1n) is 6.94. The minimum atomic E-state index is -4.73. The maximum atomic E-state index is 12.2. The number of aromatic nitrogens is 2. The Balaban J connectivity index is 2.31. The van der Waals surface area contributed by atoms with Gasteiger partial charge in [-0.05, 0) is 40.2 Å². The van der Waals surface area contributed by atoms with E-state index in [4.69, 9.17) is 10.6 Å². The van der Waals surface area contributed by atoms with Gasteiger partial charge in [0.25, 0.3) is 0 Å². The Bertz CT molecular complexity index is 751. The number of nitrogens with two attached hydrogens (primary N) is 1. The van der Waals surface area contributed by atoms with Gasteiger partial charge in [0.05, 0.1) is 23.7 Å². The highest BCUT2D eigenvalue weighted by Gasteiger charge is 2.31. The molecule has 0 amide bonds. The topological polar surface area (TPSA) is 82.6 Å². The Hall–Kier alpha value is -2.20. The van der Waals surface area contributed by atoms with E-state index < -0.39 is 6.36 Å². The van der Waals surface area contributed by atoms with E-state index in [1.165, 1.54) is 31.4 Å². The summed E-state index contributed by atoms with van der Waals surface area (Å²) in [4.78, 5) is 8.78. The van der Waals surface area contributed by atoms with Crippen LogP contribution in [0.25, 0.3) is 11.3 Å². The summed E-state index contributed by atoms with van der Waals surface area (Å²) in [5.41, 5.74) is 2.26. The Kier molecular flexibility index (Phi) is 6.32. The van der Waals surface area contributed by atoms with Crippen molar-refractivity contribution in [1.29, 1.82) is 0 Å². The molecule has 134 valence electrons. The molecule has 6 nitrogen and oxygen atoms in total. The lowest BCUT2D eigenvalue weighted by atomic mass is 10.1. The van der Waals surface area contributed by atoms with E-state index in [2.05, 4.69) is 35.7 Å². The maximum absolute atomic E-state index is 12.2. The number of ether oxygens (including phenoxy) is 2. The van der Waals surface area contributed by atoms with Gasteiger partial charge in [-0.2, -0.15) is 5.10 Å². The number of methoxy groups -OCH3 is 1. The zero-order valence-corrected chi connectivity index (χ0v) is 14.6. The van der Waals surface area contributed by atoms with Crippen LogP contribution in [-0.2, 0) is 17.8 Å². The summed E-state index contributed by atoms with van der Waals surface area (Å²) in [6.07, 6.45) is -2.83. The third-order valence-electron chi connectivity index (χ3n) is 3.00. The molecule has 0 aliphatic heterocycles. The Morgan fingerprint density at radius 3 is 2.52 bits per heavy atom. The molecule has 0 atom stereocenters. The molecule has 0 bridgehead atoms. The summed E-state index contributed by atoms with van der Waals surface area (Å²) in [6, 6.07) is 5.38. The normalized spacial score (nSPS) is 12.3. The lowest BCUT2D eigenvalue weighted by Crippen LogP contribution is -2.17. The van der Waals surface area contributed by atoms with Crippen LogP contribution in [0.3, 0.4) is 0 Å². The van der Waals surface area contributed by atoms with Crippen molar-refractivity contribution in [3.63, 3.8) is 0 Å². The second-order valence-electron chi connectivity index (χ2n) is 4.84. The number of hydrogen-bond donors (Lipinski definition) is 1. The van der Waals surface area contributed by atoms with Crippen LogP contribution in [0, 0.1) is 0 Å². The van der Waals surface area contributed by atoms with Gasteiger partial charge >= 0.3 is 6.36 Å². The van der Waals surface area contributed by atoms with Crippen LogP contribution >= 0.6 is 15.9 Å². The van der Waals surface area contributed by atoms with Crippen LogP contribution in [0.2, 0.25) is 0 Å². The van der Waals surface area contributed by atoms with Crippen molar-refractivity contribution in [2.45, 2.75) is 19.4 Å². The minimum absolute atomic E-state index is 0.189. The average molecular weight is 419 g/mol. The molecule has 0 saturated carbocycles. The average Bonchev–Trinajstić information content (AvgIpc) is 2.55. The number of rotatable bonds is 6. The van der Waals surface area contributed by atoms with E-state index in [0.29, 0.717) is 33.7 Å². The van der Waals surface area contributed by atoms with Gasteiger partial charge in [-0.25, -0.2) is 0 Å². The SMILES string of the molecule is COCc1nc(CC(Br)=NN)cnc1-c1ccc(OC(F)(F)F)cc1. The molecule has 0 unspecified atom stereocenters. The smallest absolute Gasteiger partial charge is 0.406 e. The number of alkyl halides is 3. The monoisotopic (exact) mass is 418 g/mol. The molecule has 0 radical (unpaired) electrons. The van der Waals surface area contributed by atoms with Crippen molar-refractivity contribution in [2.75, 3.05) is 7.11 Å². The number of benzene rings is 1. The summed E-state index contributed by atoms with van der Waals surface area (Å²) in [7, 11) is 1.51. The quantitative estimate of drug-likeness (QED) is 0.441. The van der Waals surface area contributed by atoms with Gasteiger partial charge in [0.15, 0.2) is 0 Å². The van der Waals surface area contributed by atoms with E-state index in [9.17, 15) is 13.2 Å². The largest absolute Gasteiger partial charge is 0.573 e. The van der Waals surface area contributed by atoms with E-state index in [0.717, 1.165) is 0 Å². The van der Waals surface area contributed by atoms with Crippen LogP contribution in [0.1, 0.15) is 11.4 Å². The second kappa shape index (κ2) is 8.26. The zero-order valence-electron chi connectivity index (χ0n) is 13.0. The fourth-order valence-electron chi connectivity index (χ4n) is 2.04. The standard InChI is InChI=1S/C15H14BrF3N4O2/c1-24-8-12-14(21-7-10(22-12)6-13(16)23-20)9-2-4-11(5-3-9)25-15(17,18)19/h2-5,7H,6,8,20H2,1H3. The van der Waals surface area contributed by atoms with Crippen LogP contribution in [0.5, 0.6) is 5.75 Å². The first-order valence-corrected chi connectivity index (χ1v) is 7.74. The molecule has 2 aromatic rings. The molecule has 0 aliphatic rings. The number of hydrogen-bond acceptors (Lipinski definition) is 6. The summed E-state index contributed by atoms with van der Waals surface area (Å²) >= 11 is 3.19.